The Morgan fingerprint density at radius 1 is 1.26 bits per heavy atom. The highest BCUT2D eigenvalue weighted by atomic mass is 16.5. The maximum atomic E-state index is 12.8. The molecule has 0 radical (unpaired) electrons. The number of methoxy groups -OCH3 is 1. The maximum absolute atomic E-state index is 12.8. The van der Waals surface area contributed by atoms with Crippen molar-refractivity contribution >= 4 is 11.6 Å². The lowest BCUT2D eigenvalue weighted by Gasteiger charge is -2.41. The van der Waals surface area contributed by atoms with E-state index in [1.54, 1.807) is 7.11 Å². The number of para-hydroxylation sites is 2. The molecule has 1 atom stereocenters. The van der Waals surface area contributed by atoms with E-state index in [4.69, 9.17) is 4.74 Å². The molecule has 146 valence electrons. The Balaban J connectivity index is 1.61. The summed E-state index contributed by atoms with van der Waals surface area (Å²) in [7, 11) is 3.65. The van der Waals surface area contributed by atoms with Gasteiger partial charge in [0.15, 0.2) is 0 Å². The van der Waals surface area contributed by atoms with Gasteiger partial charge in [-0.1, -0.05) is 12.1 Å². The van der Waals surface area contributed by atoms with Gasteiger partial charge in [-0.25, -0.2) is 0 Å². The van der Waals surface area contributed by atoms with Crippen LogP contribution in [0.5, 0.6) is 5.75 Å². The van der Waals surface area contributed by atoms with Crippen molar-refractivity contribution in [3.05, 3.63) is 41.2 Å². The monoisotopic (exact) mass is 370 g/mol. The average Bonchev–Trinajstić information content (AvgIpc) is 2.91. The van der Waals surface area contributed by atoms with Gasteiger partial charge in [0.05, 0.1) is 18.5 Å². The summed E-state index contributed by atoms with van der Waals surface area (Å²) < 4.78 is 7.38. The van der Waals surface area contributed by atoms with Crippen molar-refractivity contribution in [2.75, 3.05) is 31.6 Å². The molecule has 1 fully saturated rings. The summed E-state index contributed by atoms with van der Waals surface area (Å²) in [5.41, 5.74) is 4.47. The van der Waals surface area contributed by atoms with Crippen molar-refractivity contribution in [3.63, 3.8) is 0 Å². The van der Waals surface area contributed by atoms with E-state index in [-0.39, 0.29) is 11.9 Å². The molecule has 1 aromatic heterocycles. The number of hydrogen-bond donors (Lipinski definition) is 0. The van der Waals surface area contributed by atoms with Gasteiger partial charge < -0.3 is 14.5 Å². The van der Waals surface area contributed by atoms with Crippen LogP contribution in [-0.2, 0) is 18.3 Å². The fraction of sp³-hybridized carbons (Fsp3) is 0.524. The number of ether oxygens (including phenoxy) is 1. The maximum Gasteiger partial charge on any atom is 0.223 e. The van der Waals surface area contributed by atoms with Crippen LogP contribution in [0.3, 0.4) is 0 Å². The topological polar surface area (TPSA) is 50.6 Å². The van der Waals surface area contributed by atoms with E-state index in [0.717, 1.165) is 48.9 Å². The third-order valence-electron chi connectivity index (χ3n) is 5.62. The first-order chi connectivity index (χ1) is 12.9. The molecule has 27 heavy (non-hydrogen) atoms. The molecule has 2 aromatic rings. The second-order valence-corrected chi connectivity index (χ2v) is 7.33. The number of aromatic nitrogens is 2. The summed E-state index contributed by atoms with van der Waals surface area (Å²) in [5.74, 6) is 1.11. The molecule has 2 heterocycles. The molecule has 0 spiro atoms. The Labute approximate surface area is 161 Å². The third-order valence-corrected chi connectivity index (χ3v) is 5.62. The molecule has 6 heteroatoms. The highest BCUT2D eigenvalue weighted by Gasteiger charge is 2.28. The molecular formula is C21H30N4O2. The van der Waals surface area contributed by atoms with Gasteiger partial charge in [-0.15, -0.1) is 0 Å². The Hall–Kier alpha value is -2.50. The largest absolute Gasteiger partial charge is 0.495 e. The van der Waals surface area contributed by atoms with E-state index in [0.29, 0.717) is 6.42 Å². The van der Waals surface area contributed by atoms with Gasteiger partial charge in [0.2, 0.25) is 5.91 Å². The van der Waals surface area contributed by atoms with Gasteiger partial charge in [0.25, 0.3) is 0 Å². The predicted octanol–water partition coefficient (Wildman–Crippen LogP) is 2.72. The highest BCUT2D eigenvalue weighted by molar-refractivity contribution is 5.77. The highest BCUT2D eigenvalue weighted by Crippen LogP contribution is 2.29. The van der Waals surface area contributed by atoms with Crippen molar-refractivity contribution in [1.82, 2.24) is 14.7 Å². The first-order valence-corrected chi connectivity index (χ1v) is 9.59. The van der Waals surface area contributed by atoms with Crippen LogP contribution in [0.15, 0.2) is 24.3 Å². The third kappa shape index (κ3) is 3.94. The normalized spacial score (nSPS) is 17.3. The Morgan fingerprint density at radius 3 is 2.63 bits per heavy atom. The summed E-state index contributed by atoms with van der Waals surface area (Å²) in [5, 5.41) is 4.45. The summed E-state index contributed by atoms with van der Waals surface area (Å²) in [6, 6.07) is 8.24. The van der Waals surface area contributed by atoms with Gasteiger partial charge in [0.1, 0.15) is 5.75 Å². The number of rotatable bonds is 5. The molecule has 0 N–H and O–H groups in total. The Morgan fingerprint density at radius 2 is 2.00 bits per heavy atom. The fourth-order valence-corrected chi connectivity index (χ4v) is 3.99. The van der Waals surface area contributed by atoms with E-state index in [2.05, 4.69) is 29.9 Å². The Kier molecular flexibility index (Phi) is 5.73. The minimum atomic E-state index is 0.173. The lowest BCUT2D eigenvalue weighted by molar-refractivity contribution is -0.133. The summed E-state index contributed by atoms with van der Waals surface area (Å²) in [4.78, 5) is 17.2. The molecule has 0 bridgehead atoms. The van der Waals surface area contributed by atoms with E-state index in [1.807, 2.05) is 41.8 Å². The van der Waals surface area contributed by atoms with E-state index in [9.17, 15) is 4.79 Å². The second-order valence-electron chi connectivity index (χ2n) is 7.33. The summed E-state index contributed by atoms with van der Waals surface area (Å²) in [6.07, 6.45) is 1.29. The molecule has 1 aliphatic heterocycles. The molecule has 0 saturated carbocycles. The SMILES string of the molecule is COc1ccccc1N1CCN(C(=O)CCc2c(C)nn(C)c2C)[C@H](C)C1. The van der Waals surface area contributed by atoms with Crippen molar-refractivity contribution in [2.24, 2.45) is 7.05 Å². The summed E-state index contributed by atoms with van der Waals surface area (Å²) in [6.45, 7) is 8.58. The second kappa shape index (κ2) is 8.03. The van der Waals surface area contributed by atoms with Crippen molar-refractivity contribution < 1.29 is 9.53 Å². The van der Waals surface area contributed by atoms with Crippen molar-refractivity contribution in [3.8, 4) is 5.75 Å². The van der Waals surface area contributed by atoms with Crippen LogP contribution < -0.4 is 9.64 Å². The first-order valence-electron chi connectivity index (χ1n) is 9.59. The lowest BCUT2D eigenvalue weighted by Crippen LogP contribution is -2.54. The molecule has 6 nitrogen and oxygen atoms in total. The molecule has 1 aliphatic rings. The molecule has 1 saturated heterocycles. The number of hydrogen-bond acceptors (Lipinski definition) is 4. The number of amides is 1. The van der Waals surface area contributed by atoms with Gasteiger partial charge in [-0.3, -0.25) is 9.48 Å². The zero-order valence-corrected chi connectivity index (χ0v) is 17.0. The molecule has 0 aliphatic carbocycles. The Bertz CT molecular complexity index is 815. The predicted molar refractivity (Wildman–Crippen MR) is 107 cm³/mol. The van der Waals surface area contributed by atoms with Gasteiger partial charge >= 0.3 is 0 Å². The van der Waals surface area contributed by atoms with Crippen molar-refractivity contribution in [2.45, 2.75) is 39.7 Å². The van der Waals surface area contributed by atoms with Gasteiger partial charge in [-0.05, 0) is 44.9 Å². The van der Waals surface area contributed by atoms with Crippen LogP contribution in [0.25, 0.3) is 0 Å². The molecule has 3 rings (SSSR count). The van der Waals surface area contributed by atoms with Crippen LogP contribution in [0.1, 0.15) is 30.3 Å². The number of anilines is 1. The minimum Gasteiger partial charge on any atom is -0.495 e. The van der Waals surface area contributed by atoms with Crippen LogP contribution >= 0.6 is 0 Å². The number of carbonyl (C=O) groups is 1. The average molecular weight is 370 g/mol. The van der Waals surface area contributed by atoms with E-state index < -0.39 is 0 Å². The zero-order valence-electron chi connectivity index (χ0n) is 17.0. The summed E-state index contributed by atoms with van der Waals surface area (Å²) >= 11 is 0. The molecule has 1 amide bonds. The smallest absolute Gasteiger partial charge is 0.223 e. The van der Waals surface area contributed by atoms with Crippen LogP contribution in [0.2, 0.25) is 0 Å². The van der Waals surface area contributed by atoms with Gasteiger partial charge in [-0.2, -0.15) is 5.10 Å². The van der Waals surface area contributed by atoms with Crippen LogP contribution in [-0.4, -0.2) is 53.4 Å². The molecule has 0 unspecified atom stereocenters. The standard InChI is InChI=1S/C21H30N4O2/c1-15-14-24(19-8-6-7-9-20(19)27-5)12-13-25(15)21(26)11-10-18-16(2)22-23(4)17(18)3/h6-9,15H,10-14H2,1-5H3/t15-/m1/s1. The van der Waals surface area contributed by atoms with Gasteiger partial charge in [0, 0.05) is 44.8 Å². The number of nitrogens with zero attached hydrogens (tertiary/aromatic N) is 4. The zero-order chi connectivity index (χ0) is 19.6. The van der Waals surface area contributed by atoms with E-state index in [1.165, 1.54) is 5.56 Å². The van der Waals surface area contributed by atoms with Crippen LogP contribution in [0, 0.1) is 13.8 Å². The van der Waals surface area contributed by atoms with Crippen LogP contribution in [0.4, 0.5) is 5.69 Å². The number of benzene rings is 1. The quantitative estimate of drug-likeness (QED) is 0.812. The minimum absolute atomic E-state index is 0.173. The van der Waals surface area contributed by atoms with E-state index >= 15 is 0 Å². The lowest BCUT2D eigenvalue weighted by atomic mass is 10.1. The number of aryl methyl sites for hydroxylation is 2. The number of piperazine rings is 1. The van der Waals surface area contributed by atoms with Crippen molar-refractivity contribution in [1.29, 1.82) is 0 Å². The fourth-order valence-electron chi connectivity index (χ4n) is 3.99. The molecular weight excluding hydrogens is 340 g/mol. The molecule has 1 aromatic carbocycles. The first kappa shape index (κ1) is 19.3. The number of carbonyl (C=O) groups excluding carboxylic acids is 1.